The summed E-state index contributed by atoms with van der Waals surface area (Å²) in [6.45, 7) is 1.41. The van der Waals surface area contributed by atoms with Gasteiger partial charge in [-0.3, -0.25) is 0 Å². The second-order valence-corrected chi connectivity index (χ2v) is 6.17. The number of aromatic nitrogens is 1. The Bertz CT molecular complexity index is 712. The molecule has 1 aromatic heterocycles. The normalized spacial score (nSPS) is 14.7. The molecule has 1 fully saturated rings. The molecule has 3 N–H and O–H groups in total. The van der Waals surface area contributed by atoms with Gasteiger partial charge in [0, 0.05) is 24.9 Å². The molecule has 0 amide bonds. The average Bonchev–Trinajstić information content (AvgIpc) is 2.60. The second-order valence-electron chi connectivity index (χ2n) is 6.17. The Hall–Kier alpha value is -2.76. The van der Waals surface area contributed by atoms with Crippen LogP contribution in [0, 0.1) is 5.92 Å². The number of hydrogen-bond donors (Lipinski definition) is 2. The number of nitrogens with one attached hydrogen (secondary N) is 1. The van der Waals surface area contributed by atoms with E-state index in [1.54, 1.807) is 13.3 Å². The van der Waals surface area contributed by atoms with Crippen LogP contribution in [0.2, 0.25) is 0 Å². The number of nitrogens with zero attached hydrogens (tertiary/aromatic N) is 2. The van der Waals surface area contributed by atoms with Crippen molar-refractivity contribution in [2.45, 2.75) is 25.8 Å². The van der Waals surface area contributed by atoms with Gasteiger partial charge in [-0.25, -0.2) is 9.98 Å². The van der Waals surface area contributed by atoms with Crippen molar-refractivity contribution >= 4 is 5.96 Å². The van der Waals surface area contributed by atoms with Gasteiger partial charge in [0.05, 0.1) is 13.7 Å². The molecule has 0 aliphatic heterocycles. The molecule has 2 aromatic rings. The molecule has 1 aliphatic rings. The van der Waals surface area contributed by atoms with Crippen LogP contribution >= 0.6 is 0 Å². The topological polar surface area (TPSA) is 81.8 Å². The fourth-order valence-corrected chi connectivity index (χ4v) is 2.53. The van der Waals surface area contributed by atoms with E-state index in [4.69, 9.17) is 15.2 Å². The summed E-state index contributed by atoms with van der Waals surface area (Å²) in [5, 5.41) is 3.18. The van der Waals surface area contributed by atoms with Crippen LogP contribution in [0.3, 0.4) is 0 Å². The minimum absolute atomic E-state index is 0.489. The van der Waals surface area contributed by atoms with Crippen LogP contribution in [-0.2, 0) is 6.54 Å². The van der Waals surface area contributed by atoms with Gasteiger partial charge in [-0.05, 0) is 36.5 Å². The molecule has 25 heavy (non-hydrogen) atoms. The number of methoxy groups -OCH3 is 1. The third kappa shape index (κ3) is 5.11. The molecule has 0 atom stereocenters. The largest absolute Gasteiger partial charge is 0.497 e. The number of rotatable bonds is 7. The van der Waals surface area contributed by atoms with E-state index in [-0.39, 0.29) is 0 Å². The predicted octanol–water partition coefficient (Wildman–Crippen LogP) is 3.09. The molecule has 1 saturated carbocycles. The zero-order valence-corrected chi connectivity index (χ0v) is 14.4. The first-order chi connectivity index (χ1) is 12.2. The van der Waals surface area contributed by atoms with Gasteiger partial charge >= 0.3 is 0 Å². The van der Waals surface area contributed by atoms with Gasteiger partial charge in [0.1, 0.15) is 11.5 Å². The molecule has 0 spiro atoms. The molecule has 0 radical (unpaired) electrons. The summed E-state index contributed by atoms with van der Waals surface area (Å²) in [5.41, 5.74) is 6.87. The predicted molar refractivity (Wildman–Crippen MR) is 98.0 cm³/mol. The van der Waals surface area contributed by atoms with E-state index in [9.17, 15) is 0 Å². The molecule has 0 unspecified atom stereocenters. The molecule has 1 aromatic carbocycles. The van der Waals surface area contributed by atoms with Crippen LogP contribution in [0.15, 0.2) is 47.6 Å². The van der Waals surface area contributed by atoms with E-state index in [2.05, 4.69) is 15.3 Å². The summed E-state index contributed by atoms with van der Waals surface area (Å²) in [5.74, 6) is 3.19. The first-order valence-corrected chi connectivity index (χ1v) is 8.53. The van der Waals surface area contributed by atoms with E-state index in [1.165, 1.54) is 19.3 Å². The maximum Gasteiger partial charge on any atom is 0.219 e. The Morgan fingerprint density at radius 3 is 2.80 bits per heavy atom. The lowest BCUT2D eigenvalue weighted by atomic mass is 9.85. The summed E-state index contributed by atoms with van der Waals surface area (Å²) < 4.78 is 10.9. The fourth-order valence-electron chi connectivity index (χ4n) is 2.53. The zero-order chi connectivity index (χ0) is 17.5. The highest BCUT2D eigenvalue weighted by Crippen LogP contribution is 2.25. The fraction of sp³-hybridized carbons (Fsp3) is 0.368. The van der Waals surface area contributed by atoms with Gasteiger partial charge in [-0.2, -0.15) is 0 Å². The van der Waals surface area contributed by atoms with Gasteiger partial charge in [-0.1, -0.05) is 18.6 Å². The van der Waals surface area contributed by atoms with Gasteiger partial charge in [0.25, 0.3) is 0 Å². The van der Waals surface area contributed by atoms with Crippen molar-refractivity contribution in [3.63, 3.8) is 0 Å². The smallest absolute Gasteiger partial charge is 0.219 e. The summed E-state index contributed by atoms with van der Waals surface area (Å²) in [6, 6.07) is 11.2. The van der Waals surface area contributed by atoms with Crippen molar-refractivity contribution in [3.05, 3.63) is 48.2 Å². The van der Waals surface area contributed by atoms with Gasteiger partial charge < -0.3 is 20.5 Å². The summed E-state index contributed by atoms with van der Waals surface area (Å²) in [4.78, 5) is 8.66. The number of benzene rings is 1. The van der Waals surface area contributed by atoms with Crippen molar-refractivity contribution in [2.24, 2.45) is 16.6 Å². The summed E-state index contributed by atoms with van der Waals surface area (Å²) in [6.07, 6.45) is 5.66. The lowest BCUT2D eigenvalue weighted by Crippen LogP contribution is -2.37. The lowest BCUT2D eigenvalue weighted by Gasteiger charge is -2.25. The highest BCUT2D eigenvalue weighted by Gasteiger charge is 2.16. The van der Waals surface area contributed by atoms with E-state index < -0.39 is 0 Å². The third-order valence-electron chi connectivity index (χ3n) is 4.29. The Kier molecular flexibility index (Phi) is 5.72. The number of hydrogen-bond acceptors (Lipinski definition) is 4. The number of ether oxygens (including phenoxy) is 2. The van der Waals surface area contributed by atoms with Gasteiger partial charge in [0.2, 0.25) is 5.88 Å². The monoisotopic (exact) mass is 340 g/mol. The SMILES string of the molecule is COc1cccc(Oc2ccc(CN=C(N)NCC3CCC3)cn2)c1. The summed E-state index contributed by atoms with van der Waals surface area (Å²) >= 11 is 0. The Morgan fingerprint density at radius 1 is 1.28 bits per heavy atom. The van der Waals surface area contributed by atoms with Crippen LogP contribution in [0.25, 0.3) is 0 Å². The minimum atomic E-state index is 0.489. The van der Waals surface area contributed by atoms with Crippen LogP contribution in [0.5, 0.6) is 17.4 Å². The quantitative estimate of drug-likeness (QED) is 0.598. The summed E-state index contributed by atoms with van der Waals surface area (Å²) in [7, 11) is 1.62. The molecule has 132 valence electrons. The molecule has 1 aliphatic carbocycles. The number of nitrogens with two attached hydrogens (primary N) is 1. The lowest BCUT2D eigenvalue weighted by molar-refractivity contribution is 0.315. The second kappa shape index (κ2) is 8.37. The molecular formula is C19H24N4O2. The van der Waals surface area contributed by atoms with Crippen molar-refractivity contribution in [2.75, 3.05) is 13.7 Å². The third-order valence-corrected chi connectivity index (χ3v) is 4.29. The van der Waals surface area contributed by atoms with E-state index in [0.29, 0.717) is 24.1 Å². The number of aliphatic imine (C=N–C) groups is 1. The average molecular weight is 340 g/mol. The van der Waals surface area contributed by atoms with Gasteiger partial charge in [0.15, 0.2) is 5.96 Å². The molecule has 0 saturated heterocycles. The van der Waals surface area contributed by atoms with Gasteiger partial charge in [-0.15, -0.1) is 0 Å². The molecule has 6 nitrogen and oxygen atoms in total. The van der Waals surface area contributed by atoms with E-state index in [1.807, 2.05) is 36.4 Å². The molecule has 0 bridgehead atoms. The first kappa shape index (κ1) is 17.1. The van der Waals surface area contributed by atoms with Crippen molar-refractivity contribution in [1.82, 2.24) is 10.3 Å². The first-order valence-electron chi connectivity index (χ1n) is 8.53. The molecular weight excluding hydrogens is 316 g/mol. The van der Waals surface area contributed by atoms with Crippen LogP contribution in [0.4, 0.5) is 0 Å². The Morgan fingerprint density at radius 2 is 2.12 bits per heavy atom. The van der Waals surface area contributed by atoms with Crippen LogP contribution in [-0.4, -0.2) is 24.6 Å². The number of guanidine groups is 1. The molecule has 6 heteroatoms. The van der Waals surface area contributed by atoms with E-state index >= 15 is 0 Å². The standard InChI is InChI=1S/C19H24N4O2/c1-24-16-6-3-7-17(10-16)25-18-9-8-15(12-21-18)13-23-19(20)22-11-14-4-2-5-14/h3,6-10,12,14H,2,4-5,11,13H2,1H3,(H3,20,22,23). The van der Waals surface area contributed by atoms with Crippen molar-refractivity contribution < 1.29 is 9.47 Å². The van der Waals surface area contributed by atoms with Crippen molar-refractivity contribution in [1.29, 1.82) is 0 Å². The molecule has 1 heterocycles. The van der Waals surface area contributed by atoms with Crippen molar-refractivity contribution in [3.8, 4) is 17.4 Å². The molecule has 3 rings (SSSR count). The number of pyridine rings is 1. The Labute approximate surface area is 148 Å². The maximum atomic E-state index is 5.89. The maximum absolute atomic E-state index is 5.89. The zero-order valence-electron chi connectivity index (χ0n) is 14.4. The minimum Gasteiger partial charge on any atom is -0.497 e. The van der Waals surface area contributed by atoms with Crippen LogP contribution < -0.4 is 20.5 Å². The van der Waals surface area contributed by atoms with E-state index in [0.717, 1.165) is 23.8 Å². The highest BCUT2D eigenvalue weighted by molar-refractivity contribution is 5.77. The highest BCUT2D eigenvalue weighted by atomic mass is 16.5. The van der Waals surface area contributed by atoms with Crippen LogP contribution in [0.1, 0.15) is 24.8 Å². The Balaban J connectivity index is 1.50.